The number of pyridine rings is 1. The summed E-state index contributed by atoms with van der Waals surface area (Å²) in [5, 5.41) is 3.09. The molecule has 1 fully saturated rings. The minimum Gasteiger partial charge on any atom is -0.325 e. The molecule has 2 aromatic rings. The van der Waals surface area contributed by atoms with E-state index in [9.17, 15) is 4.79 Å². The average molecular weight is 292 g/mol. The second-order valence-electron chi connectivity index (χ2n) is 6.55. The molecule has 3 heteroatoms. The van der Waals surface area contributed by atoms with E-state index < -0.39 is 0 Å². The summed E-state index contributed by atoms with van der Waals surface area (Å²) in [7, 11) is 0. The van der Waals surface area contributed by atoms with E-state index in [0.29, 0.717) is 0 Å². The van der Waals surface area contributed by atoms with E-state index in [-0.39, 0.29) is 11.3 Å². The predicted octanol–water partition coefficient (Wildman–Crippen LogP) is 4.21. The number of aromatic nitrogens is 1. The van der Waals surface area contributed by atoms with Gasteiger partial charge in [-0.25, -0.2) is 0 Å². The highest BCUT2D eigenvalue weighted by Crippen LogP contribution is 2.48. The first-order chi connectivity index (χ1) is 10.7. The van der Waals surface area contributed by atoms with Gasteiger partial charge in [-0.1, -0.05) is 31.4 Å². The van der Waals surface area contributed by atoms with Gasteiger partial charge in [0.05, 0.1) is 5.41 Å². The summed E-state index contributed by atoms with van der Waals surface area (Å²) in [6.07, 6.45) is 7.38. The molecule has 0 radical (unpaired) electrons. The van der Waals surface area contributed by atoms with E-state index >= 15 is 0 Å². The van der Waals surface area contributed by atoms with Crippen LogP contribution in [-0.4, -0.2) is 10.9 Å². The van der Waals surface area contributed by atoms with Crippen molar-refractivity contribution in [3.8, 4) is 11.1 Å². The Balaban J connectivity index is 1.81. The first-order valence-electron chi connectivity index (χ1n) is 8.08. The summed E-state index contributed by atoms with van der Waals surface area (Å²) < 4.78 is 0. The Kier molecular flexibility index (Phi) is 3.03. The molecule has 0 unspecified atom stereocenters. The summed E-state index contributed by atoms with van der Waals surface area (Å²) in [6, 6.07) is 10.5. The maximum atomic E-state index is 12.6. The van der Waals surface area contributed by atoms with Crippen molar-refractivity contribution in [2.45, 2.75) is 44.4 Å². The number of hydrogen-bond donors (Lipinski definition) is 1. The van der Waals surface area contributed by atoms with Crippen molar-refractivity contribution in [2.75, 3.05) is 5.32 Å². The molecule has 1 spiro atoms. The zero-order valence-corrected chi connectivity index (χ0v) is 12.9. The van der Waals surface area contributed by atoms with Crippen molar-refractivity contribution in [1.29, 1.82) is 0 Å². The van der Waals surface area contributed by atoms with Crippen LogP contribution in [0.5, 0.6) is 0 Å². The Hall–Kier alpha value is -2.16. The molecular weight excluding hydrogens is 272 g/mol. The van der Waals surface area contributed by atoms with Crippen LogP contribution in [-0.2, 0) is 10.2 Å². The smallest absolute Gasteiger partial charge is 0.235 e. The normalized spacial score (nSPS) is 19.0. The van der Waals surface area contributed by atoms with Gasteiger partial charge < -0.3 is 5.32 Å². The van der Waals surface area contributed by atoms with Gasteiger partial charge in [-0.15, -0.1) is 0 Å². The Morgan fingerprint density at radius 3 is 2.55 bits per heavy atom. The van der Waals surface area contributed by atoms with Crippen LogP contribution in [0.15, 0.2) is 36.5 Å². The highest BCUT2D eigenvalue weighted by molar-refractivity contribution is 6.06. The number of fused-ring (bicyclic) bond motifs is 2. The number of carbonyl (C=O) groups excluding carboxylic acids is 1. The fourth-order valence-electron chi connectivity index (χ4n) is 3.88. The first kappa shape index (κ1) is 13.5. The lowest BCUT2D eigenvalue weighted by atomic mass is 9.70. The van der Waals surface area contributed by atoms with Gasteiger partial charge >= 0.3 is 0 Å². The van der Waals surface area contributed by atoms with Crippen LogP contribution >= 0.6 is 0 Å². The zero-order valence-electron chi connectivity index (χ0n) is 12.9. The predicted molar refractivity (Wildman–Crippen MR) is 87.8 cm³/mol. The summed E-state index contributed by atoms with van der Waals surface area (Å²) >= 11 is 0. The maximum absolute atomic E-state index is 12.6. The van der Waals surface area contributed by atoms with Crippen LogP contribution in [0.3, 0.4) is 0 Å². The van der Waals surface area contributed by atoms with Gasteiger partial charge in [0.25, 0.3) is 0 Å². The number of aryl methyl sites for hydroxylation is 1. The molecule has 2 aliphatic rings. The Morgan fingerprint density at radius 1 is 1.05 bits per heavy atom. The summed E-state index contributed by atoms with van der Waals surface area (Å²) in [4.78, 5) is 17.0. The summed E-state index contributed by atoms with van der Waals surface area (Å²) in [5.74, 6) is 0.196. The van der Waals surface area contributed by atoms with Crippen LogP contribution in [0.1, 0.15) is 43.4 Å². The maximum Gasteiger partial charge on any atom is 0.235 e. The summed E-state index contributed by atoms with van der Waals surface area (Å²) in [5.41, 5.74) is 5.17. The molecule has 112 valence electrons. The van der Waals surface area contributed by atoms with Crippen molar-refractivity contribution in [3.63, 3.8) is 0 Å². The number of nitrogens with one attached hydrogen (secondary N) is 1. The fourth-order valence-corrected chi connectivity index (χ4v) is 3.88. The molecule has 3 nitrogen and oxygen atoms in total. The highest BCUT2D eigenvalue weighted by atomic mass is 16.2. The van der Waals surface area contributed by atoms with Crippen LogP contribution in [0, 0.1) is 6.92 Å². The Morgan fingerprint density at radius 2 is 1.82 bits per heavy atom. The average Bonchev–Trinajstić information content (AvgIpc) is 2.81. The summed E-state index contributed by atoms with van der Waals surface area (Å²) in [6.45, 7) is 1.99. The van der Waals surface area contributed by atoms with Gasteiger partial charge in [0.15, 0.2) is 0 Å². The fraction of sp³-hybridized carbons (Fsp3) is 0.368. The monoisotopic (exact) mass is 292 g/mol. The Labute approximate surface area is 130 Å². The third-order valence-corrected chi connectivity index (χ3v) is 5.17. The number of nitrogens with zero attached hydrogens (tertiary/aromatic N) is 1. The standard InChI is InChI=1S/C19H20N2O/c1-13-5-6-15(12-20-13)14-7-8-17-16(11-14)19(18(22)21-17)9-3-2-4-10-19/h5-8,11-12H,2-4,9-10H2,1H3,(H,21,22). The lowest BCUT2D eigenvalue weighted by Crippen LogP contribution is -2.36. The second-order valence-corrected chi connectivity index (χ2v) is 6.55. The number of carbonyl (C=O) groups is 1. The molecule has 22 heavy (non-hydrogen) atoms. The molecule has 1 aliphatic carbocycles. The molecule has 2 heterocycles. The number of amides is 1. The minimum atomic E-state index is -0.290. The zero-order chi connectivity index (χ0) is 15.2. The van der Waals surface area contributed by atoms with E-state index in [1.54, 1.807) is 0 Å². The SMILES string of the molecule is Cc1ccc(-c2ccc3c(c2)C2(CCCCC2)C(=O)N3)cn1. The van der Waals surface area contributed by atoms with Gasteiger partial charge in [-0.05, 0) is 49.1 Å². The third-order valence-electron chi connectivity index (χ3n) is 5.17. The molecule has 1 amide bonds. The van der Waals surface area contributed by atoms with Crippen LogP contribution in [0.25, 0.3) is 11.1 Å². The molecule has 1 aromatic carbocycles. The van der Waals surface area contributed by atoms with Gasteiger partial charge in [-0.2, -0.15) is 0 Å². The molecule has 0 bridgehead atoms. The van der Waals surface area contributed by atoms with Crippen LogP contribution in [0.2, 0.25) is 0 Å². The first-order valence-corrected chi connectivity index (χ1v) is 8.08. The Bertz CT molecular complexity index is 728. The largest absolute Gasteiger partial charge is 0.325 e. The molecule has 0 saturated heterocycles. The molecular formula is C19H20N2O. The van der Waals surface area contributed by atoms with Gasteiger partial charge in [0, 0.05) is 23.1 Å². The van der Waals surface area contributed by atoms with Crippen LogP contribution in [0.4, 0.5) is 5.69 Å². The van der Waals surface area contributed by atoms with E-state index in [4.69, 9.17) is 0 Å². The molecule has 1 N–H and O–H groups in total. The van der Waals surface area contributed by atoms with Gasteiger partial charge in [-0.3, -0.25) is 9.78 Å². The lowest BCUT2D eigenvalue weighted by Gasteiger charge is -2.31. The van der Waals surface area contributed by atoms with E-state index in [1.807, 2.05) is 25.3 Å². The third kappa shape index (κ3) is 1.96. The number of benzene rings is 1. The molecule has 0 atom stereocenters. The quantitative estimate of drug-likeness (QED) is 0.855. The topological polar surface area (TPSA) is 42.0 Å². The van der Waals surface area contributed by atoms with E-state index in [0.717, 1.165) is 48.2 Å². The molecule has 1 saturated carbocycles. The number of anilines is 1. The highest BCUT2D eigenvalue weighted by Gasteiger charge is 2.47. The molecule has 1 aliphatic heterocycles. The number of hydrogen-bond acceptors (Lipinski definition) is 2. The van der Waals surface area contributed by atoms with Crippen LogP contribution < -0.4 is 5.32 Å². The van der Waals surface area contributed by atoms with Gasteiger partial charge in [0.1, 0.15) is 0 Å². The molecule has 4 rings (SSSR count). The van der Waals surface area contributed by atoms with Crippen molar-refractivity contribution in [2.24, 2.45) is 0 Å². The number of rotatable bonds is 1. The van der Waals surface area contributed by atoms with Crippen molar-refractivity contribution in [1.82, 2.24) is 4.98 Å². The van der Waals surface area contributed by atoms with Gasteiger partial charge in [0.2, 0.25) is 5.91 Å². The van der Waals surface area contributed by atoms with E-state index in [1.165, 1.54) is 12.0 Å². The van der Waals surface area contributed by atoms with Crippen molar-refractivity contribution < 1.29 is 4.79 Å². The minimum absolute atomic E-state index is 0.196. The molecule has 1 aromatic heterocycles. The lowest BCUT2D eigenvalue weighted by molar-refractivity contribution is -0.121. The van der Waals surface area contributed by atoms with Crippen molar-refractivity contribution in [3.05, 3.63) is 47.8 Å². The van der Waals surface area contributed by atoms with E-state index in [2.05, 4.69) is 28.5 Å². The van der Waals surface area contributed by atoms with Crippen molar-refractivity contribution >= 4 is 11.6 Å². The second kappa shape index (κ2) is 4.94.